The van der Waals surface area contributed by atoms with Gasteiger partial charge in [-0.15, -0.1) is 0 Å². The van der Waals surface area contributed by atoms with Crippen molar-refractivity contribution < 1.29 is 4.79 Å². The molecule has 3 atom stereocenters. The normalized spacial score (nSPS) is 28.5. The fourth-order valence-electron chi connectivity index (χ4n) is 3.81. The van der Waals surface area contributed by atoms with Crippen LogP contribution in [-0.4, -0.2) is 17.4 Å². The summed E-state index contributed by atoms with van der Waals surface area (Å²) in [4.78, 5) is 16.2. The zero-order valence-corrected chi connectivity index (χ0v) is 11.3. The minimum absolute atomic E-state index is 0.230. The summed E-state index contributed by atoms with van der Waals surface area (Å²) < 4.78 is 0. The highest BCUT2D eigenvalue weighted by Gasteiger charge is 2.39. The monoisotopic (exact) mass is 258 g/mol. The van der Waals surface area contributed by atoms with Crippen LogP contribution in [-0.2, 0) is 11.2 Å². The molecule has 3 nitrogen and oxygen atoms in total. The summed E-state index contributed by atoms with van der Waals surface area (Å²) in [6.07, 6.45) is 8.79. The van der Waals surface area contributed by atoms with Gasteiger partial charge in [0.25, 0.3) is 0 Å². The molecule has 1 N–H and O–H groups in total. The van der Waals surface area contributed by atoms with E-state index in [4.69, 9.17) is 0 Å². The van der Waals surface area contributed by atoms with Crippen LogP contribution >= 0.6 is 0 Å². The van der Waals surface area contributed by atoms with E-state index >= 15 is 0 Å². The van der Waals surface area contributed by atoms with Crippen molar-refractivity contribution in [1.29, 1.82) is 0 Å². The Bertz CT molecular complexity index is 432. The zero-order valence-electron chi connectivity index (χ0n) is 11.3. The van der Waals surface area contributed by atoms with Gasteiger partial charge in [-0.3, -0.25) is 9.78 Å². The Hall–Kier alpha value is -1.38. The van der Waals surface area contributed by atoms with Gasteiger partial charge >= 0.3 is 0 Å². The van der Waals surface area contributed by atoms with E-state index in [0.717, 1.165) is 30.4 Å². The van der Waals surface area contributed by atoms with Gasteiger partial charge in [-0.05, 0) is 49.1 Å². The van der Waals surface area contributed by atoms with Crippen LogP contribution in [0.25, 0.3) is 0 Å². The molecule has 1 amide bonds. The summed E-state index contributed by atoms with van der Waals surface area (Å²) in [5.41, 5.74) is 1.04. The van der Waals surface area contributed by atoms with Crippen LogP contribution < -0.4 is 5.32 Å². The lowest BCUT2D eigenvalue weighted by Crippen LogP contribution is -2.29. The van der Waals surface area contributed by atoms with E-state index in [2.05, 4.69) is 10.3 Å². The Labute approximate surface area is 114 Å². The van der Waals surface area contributed by atoms with Gasteiger partial charge in [0.05, 0.1) is 0 Å². The smallest absolute Gasteiger partial charge is 0.220 e. The highest BCUT2D eigenvalue weighted by molar-refractivity contribution is 5.76. The number of pyridine rings is 1. The fraction of sp³-hybridized carbons (Fsp3) is 0.625. The SMILES string of the molecule is O=C(CC1CC2CCC1C2)NCCc1ccccn1. The largest absolute Gasteiger partial charge is 0.356 e. The average molecular weight is 258 g/mol. The maximum Gasteiger partial charge on any atom is 0.220 e. The molecule has 19 heavy (non-hydrogen) atoms. The second-order valence-electron chi connectivity index (χ2n) is 6.06. The number of carbonyl (C=O) groups excluding carboxylic acids is 1. The molecule has 1 aromatic heterocycles. The third kappa shape index (κ3) is 3.14. The van der Waals surface area contributed by atoms with Crippen molar-refractivity contribution in [2.75, 3.05) is 6.54 Å². The third-order valence-corrected chi connectivity index (χ3v) is 4.76. The van der Waals surface area contributed by atoms with E-state index in [9.17, 15) is 4.79 Å². The quantitative estimate of drug-likeness (QED) is 0.882. The first-order valence-electron chi connectivity index (χ1n) is 7.48. The molecule has 0 aliphatic heterocycles. The summed E-state index contributed by atoms with van der Waals surface area (Å²) in [6.45, 7) is 0.705. The van der Waals surface area contributed by atoms with Crippen molar-refractivity contribution in [3.05, 3.63) is 30.1 Å². The van der Waals surface area contributed by atoms with E-state index < -0.39 is 0 Å². The van der Waals surface area contributed by atoms with E-state index in [1.807, 2.05) is 18.2 Å². The lowest BCUT2D eigenvalue weighted by Gasteiger charge is -2.20. The van der Waals surface area contributed by atoms with Crippen molar-refractivity contribution >= 4 is 5.91 Å². The third-order valence-electron chi connectivity index (χ3n) is 4.76. The van der Waals surface area contributed by atoms with Gasteiger partial charge in [-0.25, -0.2) is 0 Å². The molecule has 2 fully saturated rings. The van der Waals surface area contributed by atoms with E-state index in [-0.39, 0.29) is 5.91 Å². The molecule has 1 heterocycles. The number of nitrogens with one attached hydrogen (secondary N) is 1. The van der Waals surface area contributed by atoms with Gasteiger partial charge < -0.3 is 5.32 Å². The van der Waals surface area contributed by atoms with Crippen LogP contribution in [0.15, 0.2) is 24.4 Å². The Kier molecular flexibility index (Phi) is 3.81. The predicted octanol–water partition coefficient (Wildman–Crippen LogP) is 2.57. The van der Waals surface area contributed by atoms with E-state index in [1.165, 1.54) is 25.7 Å². The lowest BCUT2D eigenvalue weighted by molar-refractivity contribution is -0.122. The van der Waals surface area contributed by atoms with Crippen LogP contribution in [0.1, 0.15) is 37.8 Å². The van der Waals surface area contributed by atoms with Crippen molar-refractivity contribution in [3.8, 4) is 0 Å². The number of nitrogens with zero attached hydrogens (tertiary/aromatic N) is 1. The Morgan fingerprint density at radius 2 is 2.26 bits per heavy atom. The number of hydrogen-bond donors (Lipinski definition) is 1. The molecule has 3 rings (SSSR count). The molecule has 0 saturated heterocycles. The first-order valence-corrected chi connectivity index (χ1v) is 7.48. The molecule has 2 bridgehead atoms. The van der Waals surface area contributed by atoms with Gasteiger partial charge in [-0.1, -0.05) is 12.5 Å². The topological polar surface area (TPSA) is 42.0 Å². The standard InChI is InChI=1S/C16H22N2O/c19-16(11-14-10-12-4-5-13(14)9-12)18-8-6-15-3-1-2-7-17-15/h1-3,7,12-14H,4-6,8-11H2,(H,18,19). The van der Waals surface area contributed by atoms with Crippen LogP contribution in [0, 0.1) is 17.8 Å². The van der Waals surface area contributed by atoms with Gasteiger partial charge in [-0.2, -0.15) is 0 Å². The molecular formula is C16H22N2O. The number of fused-ring (bicyclic) bond motifs is 2. The molecular weight excluding hydrogens is 236 g/mol. The molecule has 2 aliphatic carbocycles. The van der Waals surface area contributed by atoms with E-state index in [1.54, 1.807) is 6.20 Å². The lowest BCUT2D eigenvalue weighted by atomic mass is 9.86. The fourth-order valence-corrected chi connectivity index (χ4v) is 3.81. The molecule has 102 valence electrons. The second-order valence-corrected chi connectivity index (χ2v) is 6.06. The Morgan fingerprint density at radius 1 is 1.32 bits per heavy atom. The molecule has 0 spiro atoms. The number of carbonyl (C=O) groups is 1. The van der Waals surface area contributed by atoms with Crippen molar-refractivity contribution in [2.45, 2.75) is 38.5 Å². The summed E-state index contributed by atoms with van der Waals surface area (Å²) in [6, 6.07) is 5.90. The van der Waals surface area contributed by atoms with Crippen molar-refractivity contribution in [2.24, 2.45) is 17.8 Å². The molecule has 2 saturated carbocycles. The maximum atomic E-state index is 11.9. The molecule has 0 aromatic carbocycles. The predicted molar refractivity (Wildman–Crippen MR) is 74.5 cm³/mol. The number of hydrogen-bond acceptors (Lipinski definition) is 2. The van der Waals surface area contributed by atoms with Gasteiger partial charge in [0.15, 0.2) is 0 Å². The summed E-state index contributed by atoms with van der Waals surface area (Å²) in [5.74, 6) is 2.66. The molecule has 1 aromatic rings. The van der Waals surface area contributed by atoms with Crippen molar-refractivity contribution in [3.63, 3.8) is 0 Å². The zero-order chi connectivity index (χ0) is 13.1. The molecule has 3 heteroatoms. The van der Waals surface area contributed by atoms with Gasteiger partial charge in [0.2, 0.25) is 5.91 Å². The summed E-state index contributed by atoms with van der Waals surface area (Å²) in [5, 5.41) is 3.04. The van der Waals surface area contributed by atoms with E-state index in [0.29, 0.717) is 12.5 Å². The maximum absolute atomic E-state index is 11.9. The van der Waals surface area contributed by atoms with Crippen LogP contribution in [0.3, 0.4) is 0 Å². The molecule has 2 aliphatic rings. The molecule has 0 radical (unpaired) electrons. The minimum Gasteiger partial charge on any atom is -0.356 e. The van der Waals surface area contributed by atoms with Gasteiger partial charge in [0.1, 0.15) is 0 Å². The Balaban J connectivity index is 1.38. The van der Waals surface area contributed by atoms with Crippen LogP contribution in [0.4, 0.5) is 0 Å². The second kappa shape index (κ2) is 5.72. The van der Waals surface area contributed by atoms with Crippen LogP contribution in [0.5, 0.6) is 0 Å². The first kappa shape index (κ1) is 12.6. The van der Waals surface area contributed by atoms with Gasteiger partial charge in [0, 0.05) is 31.3 Å². The minimum atomic E-state index is 0.230. The first-order chi connectivity index (χ1) is 9.31. The average Bonchev–Trinajstić information content (AvgIpc) is 3.02. The Morgan fingerprint density at radius 3 is 2.95 bits per heavy atom. The summed E-state index contributed by atoms with van der Waals surface area (Å²) in [7, 11) is 0. The number of amides is 1. The molecule has 3 unspecified atom stereocenters. The summed E-state index contributed by atoms with van der Waals surface area (Å²) >= 11 is 0. The van der Waals surface area contributed by atoms with Crippen molar-refractivity contribution in [1.82, 2.24) is 10.3 Å². The highest BCUT2D eigenvalue weighted by Crippen LogP contribution is 2.49. The number of aromatic nitrogens is 1. The number of rotatable bonds is 5. The van der Waals surface area contributed by atoms with Crippen LogP contribution in [0.2, 0.25) is 0 Å². The highest BCUT2D eigenvalue weighted by atomic mass is 16.1.